The highest BCUT2D eigenvalue weighted by molar-refractivity contribution is 6.03. The highest BCUT2D eigenvalue weighted by Crippen LogP contribution is 2.24. The van der Waals surface area contributed by atoms with Gasteiger partial charge in [-0.25, -0.2) is 9.97 Å². The normalized spacial score (nSPS) is 10.5. The van der Waals surface area contributed by atoms with E-state index in [4.69, 9.17) is 4.74 Å². The van der Waals surface area contributed by atoms with Gasteiger partial charge < -0.3 is 15.4 Å². The largest absolute Gasteiger partial charge is 0.495 e. The molecule has 0 aliphatic rings. The number of ether oxygens (including phenoxy) is 1. The minimum atomic E-state index is -0.333. The number of hydrogen-bond donors (Lipinski definition) is 2. The smallest absolute Gasteiger partial charge is 0.274 e. The molecule has 0 unspecified atom stereocenters. The van der Waals surface area contributed by atoms with E-state index in [-0.39, 0.29) is 11.6 Å². The summed E-state index contributed by atoms with van der Waals surface area (Å²) >= 11 is 0. The second-order valence-electron chi connectivity index (χ2n) is 6.32. The Morgan fingerprint density at radius 2 is 1.78 bits per heavy atom. The van der Waals surface area contributed by atoms with Gasteiger partial charge in [-0.15, -0.1) is 0 Å². The van der Waals surface area contributed by atoms with Crippen LogP contribution in [0, 0.1) is 0 Å². The number of aromatic nitrogens is 2. The minimum absolute atomic E-state index is 0.261. The van der Waals surface area contributed by atoms with Crippen molar-refractivity contribution >= 4 is 23.2 Å². The SMILES string of the molecule is COc1ccccc1NC(=O)c1ccnc(Nc2ccc(C(C)C)cc2)n1. The molecule has 3 rings (SSSR count). The molecule has 0 saturated carbocycles. The topological polar surface area (TPSA) is 76.1 Å². The van der Waals surface area contributed by atoms with Crippen molar-refractivity contribution < 1.29 is 9.53 Å². The number of carbonyl (C=O) groups excluding carboxylic acids is 1. The Bertz CT molecular complexity index is 923. The van der Waals surface area contributed by atoms with Gasteiger partial charge in [-0.05, 0) is 41.8 Å². The van der Waals surface area contributed by atoms with E-state index in [1.54, 1.807) is 31.5 Å². The summed E-state index contributed by atoms with van der Waals surface area (Å²) in [5.41, 5.74) is 2.97. The monoisotopic (exact) mass is 362 g/mol. The van der Waals surface area contributed by atoms with Crippen molar-refractivity contribution in [3.63, 3.8) is 0 Å². The number of benzene rings is 2. The van der Waals surface area contributed by atoms with Crippen LogP contribution in [0.1, 0.15) is 35.8 Å². The molecule has 0 bridgehead atoms. The Hall–Kier alpha value is -3.41. The predicted molar refractivity (Wildman–Crippen MR) is 107 cm³/mol. The number of nitrogens with one attached hydrogen (secondary N) is 2. The molecular weight excluding hydrogens is 340 g/mol. The van der Waals surface area contributed by atoms with E-state index in [9.17, 15) is 4.79 Å². The van der Waals surface area contributed by atoms with Gasteiger partial charge in [-0.2, -0.15) is 0 Å². The molecule has 0 radical (unpaired) electrons. The lowest BCUT2D eigenvalue weighted by Gasteiger charge is -2.11. The average Bonchev–Trinajstić information content (AvgIpc) is 2.69. The van der Waals surface area contributed by atoms with Crippen LogP contribution in [0.4, 0.5) is 17.3 Å². The Labute approximate surface area is 158 Å². The second kappa shape index (κ2) is 8.31. The lowest BCUT2D eigenvalue weighted by atomic mass is 10.0. The highest BCUT2D eigenvalue weighted by atomic mass is 16.5. The van der Waals surface area contributed by atoms with Crippen LogP contribution < -0.4 is 15.4 Å². The minimum Gasteiger partial charge on any atom is -0.495 e. The van der Waals surface area contributed by atoms with Crippen molar-refractivity contribution in [1.29, 1.82) is 0 Å². The van der Waals surface area contributed by atoms with Gasteiger partial charge in [0.25, 0.3) is 5.91 Å². The van der Waals surface area contributed by atoms with Crippen molar-refractivity contribution in [3.8, 4) is 5.75 Å². The summed E-state index contributed by atoms with van der Waals surface area (Å²) in [6.07, 6.45) is 1.55. The van der Waals surface area contributed by atoms with Crippen molar-refractivity contribution in [2.24, 2.45) is 0 Å². The molecule has 0 aliphatic carbocycles. The molecule has 0 aliphatic heterocycles. The number of para-hydroxylation sites is 2. The molecule has 1 amide bonds. The van der Waals surface area contributed by atoms with Crippen molar-refractivity contribution in [1.82, 2.24) is 9.97 Å². The zero-order valence-electron chi connectivity index (χ0n) is 15.6. The number of nitrogens with zero attached hydrogens (tertiary/aromatic N) is 2. The molecule has 1 aromatic heterocycles. The molecule has 6 nitrogen and oxygen atoms in total. The molecule has 0 atom stereocenters. The van der Waals surface area contributed by atoms with Crippen LogP contribution in [0.5, 0.6) is 5.75 Å². The number of anilines is 3. The third-order valence-electron chi connectivity index (χ3n) is 4.08. The number of rotatable bonds is 6. The molecule has 2 aromatic carbocycles. The lowest BCUT2D eigenvalue weighted by Crippen LogP contribution is -2.15. The summed E-state index contributed by atoms with van der Waals surface area (Å²) < 4.78 is 5.25. The third kappa shape index (κ3) is 4.61. The van der Waals surface area contributed by atoms with Crippen molar-refractivity contribution in [2.75, 3.05) is 17.7 Å². The molecule has 3 aromatic rings. The molecule has 1 heterocycles. The van der Waals surface area contributed by atoms with Gasteiger partial charge >= 0.3 is 0 Å². The van der Waals surface area contributed by atoms with Crippen LogP contribution >= 0.6 is 0 Å². The van der Waals surface area contributed by atoms with E-state index in [1.165, 1.54) is 5.56 Å². The van der Waals surface area contributed by atoms with Gasteiger partial charge in [0.1, 0.15) is 11.4 Å². The Kier molecular flexibility index (Phi) is 5.66. The van der Waals surface area contributed by atoms with E-state index in [2.05, 4.69) is 46.6 Å². The van der Waals surface area contributed by atoms with Crippen LogP contribution in [0.15, 0.2) is 60.8 Å². The number of hydrogen-bond acceptors (Lipinski definition) is 5. The maximum atomic E-state index is 12.5. The quantitative estimate of drug-likeness (QED) is 0.670. The molecule has 0 spiro atoms. The summed E-state index contributed by atoms with van der Waals surface area (Å²) in [6, 6.07) is 16.9. The number of methoxy groups -OCH3 is 1. The first-order valence-corrected chi connectivity index (χ1v) is 8.71. The molecule has 2 N–H and O–H groups in total. The Morgan fingerprint density at radius 1 is 1.04 bits per heavy atom. The zero-order chi connectivity index (χ0) is 19.2. The fraction of sp³-hybridized carbons (Fsp3) is 0.190. The van der Waals surface area contributed by atoms with Crippen LogP contribution in [0.2, 0.25) is 0 Å². The van der Waals surface area contributed by atoms with Gasteiger partial charge in [0, 0.05) is 11.9 Å². The average molecular weight is 362 g/mol. The van der Waals surface area contributed by atoms with Gasteiger partial charge in [-0.1, -0.05) is 38.1 Å². The first kappa shape index (κ1) is 18.4. The van der Waals surface area contributed by atoms with E-state index in [0.29, 0.717) is 23.3 Å². The second-order valence-corrected chi connectivity index (χ2v) is 6.32. The van der Waals surface area contributed by atoms with E-state index in [1.807, 2.05) is 24.3 Å². The van der Waals surface area contributed by atoms with Crippen LogP contribution in [-0.2, 0) is 0 Å². The number of amides is 1. The lowest BCUT2D eigenvalue weighted by molar-refractivity contribution is 0.102. The predicted octanol–water partition coefficient (Wildman–Crippen LogP) is 4.60. The number of carbonyl (C=O) groups is 1. The van der Waals surface area contributed by atoms with Crippen molar-refractivity contribution in [3.05, 3.63) is 72.1 Å². The van der Waals surface area contributed by atoms with Gasteiger partial charge in [-0.3, -0.25) is 4.79 Å². The first-order chi connectivity index (χ1) is 13.1. The van der Waals surface area contributed by atoms with Crippen LogP contribution in [0.3, 0.4) is 0 Å². The van der Waals surface area contributed by atoms with E-state index >= 15 is 0 Å². The third-order valence-corrected chi connectivity index (χ3v) is 4.08. The summed E-state index contributed by atoms with van der Waals surface area (Å²) in [5.74, 6) is 1.08. The molecule has 0 saturated heterocycles. The standard InChI is InChI=1S/C21H22N4O2/c1-14(2)15-8-10-16(11-9-15)23-21-22-13-12-18(25-21)20(26)24-17-6-4-5-7-19(17)27-3/h4-14H,1-3H3,(H,24,26)(H,22,23,25). The van der Waals surface area contributed by atoms with Gasteiger partial charge in [0.05, 0.1) is 12.8 Å². The van der Waals surface area contributed by atoms with Gasteiger partial charge in [0.15, 0.2) is 0 Å². The summed E-state index contributed by atoms with van der Waals surface area (Å²) in [4.78, 5) is 21.0. The Morgan fingerprint density at radius 3 is 2.48 bits per heavy atom. The van der Waals surface area contributed by atoms with E-state index < -0.39 is 0 Å². The van der Waals surface area contributed by atoms with Gasteiger partial charge in [0.2, 0.25) is 5.95 Å². The fourth-order valence-electron chi connectivity index (χ4n) is 2.56. The summed E-state index contributed by atoms with van der Waals surface area (Å²) in [5, 5.41) is 5.93. The summed E-state index contributed by atoms with van der Waals surface area (Å²) in [7, 11) is 1.56. The Balaban J connectivity index is 1.73. The van der Waals surface area contributed by atoms with E-state index in [0.717, 1.165) is 5.69 Å². The first-order valence-electron chi connectivity index (χ1n) is 8.71. The van der Waals surface area contributed by atoms with Crippen molar-refractivity contribution in [2.45, 2.75) is 19.8 Å². The zero-order valence-corrected chi connectivity index (χ0v) is 15.6. The van der Waals surface area contributed by atoms with Crippen LogP contribution in [0.25, 0.3) is 0 Å². The fourth-order valence-corrected chi connectivity index (χ4v) is 2.56. The highest BCUT2D eigenvalue weighted by Gasteiger charge is 2.12. The summed E-state index contributed by atoms with van der Waals surface area (Å²) in [6.45, 7) is 4.30. The maximum Gasteiger partial charge on any atom is 0.274 e. The maximum absolute atomic E-state index is 12.5. The molecule has 0 fully saturated rings. The molecule has 138 valence electrons. The molecular formula is C21H22N4O2. The molecule has 6 heteroatoms. The van der Waals surface area contributed by atoms with Crippen LogP contribution in [-0.4, -0.2) is 23.0 Å². The molecule has 27 heavy (non-hydrogen) atoms.